The summed E-state index contributed by atoms with van der Waals surface area (Å²) >= 11 is 7.13. The second kappa shape index (κ2) is 5.39. The van der Waals surface area contributed by atoms with E-state index in [1.165, 1.54) is 11.3 Å². The average molecular weight is 265 g/mol. The largest absolute Gasteiger partial charge is 0.316 e. The number of nitrogens with one attached hydrogen (secondary N) is 1. The van der Waals surface area contributed by atoms with Gasteiger partial charge in [0, 0.05) is 27.6 Å². The fourth-order valence-corrected chi connectivity index (χ4v) is 4.41. The summed E-state index contributed by atoms with van der Waals surface area (Å²) in [7, 11) is -0.776. The maximum atomic E-state index is 11.8. The summed E-state index contributed by atoms with van der Waals surface area (Å²) in [6.45, 7) is 2.07. The van der Waals surface area contributed by atoms with Gasteiger partial charge in [0.15, 0.2) is 4.47 Å². The molecule has 0 saturated carbocycles. The molecule has 0 aromatic carbocycles. The number of halogens is 1. The molecule has 2 heterocycles. The van der Waals surface area contributed by atoms with Crippen molar-refractivity contribution in [2.45, 2.75) is 12.2 Å². The van der Waals surface area contributed by atoms with E-state index in [0.29, 0.717) is 16.1 Å². The Morgan fingerprint density at radius 1 is 1.73 bits per heavy atom. The van der Waals surface area contributed by atoms with Crippen LogP contribution in [0.15, 0.2) is 6.20 Å². The van der Waals surface area contributed by atoms with Crippen molar-refractivity contribution in [2.24, 2.45) is 5.92 Å². The Hall–Kier alpha value is 0.0300. The van der Waals surface area contributed by atoms with Gasteiger partial charge in [0.2, 0.25) is 0 Å². The van der Waals surface area contributed by atoms with E-state index in [4.69, 9.17) is 11.6 Å². The highest BCUT2D eigenvalue weighted by Crippen LogP contribution is 2.20. The first kappa shape index (κ1) is 11.5. The van der Waals surface area contributed by atoms with Gasteiger partial charge in [-0.05, 0) is 25.4 Å². The highest BCUT2D eigenvalue weighted by molar-refractivity contribution is 7.84. The highest BCUT2D eigenvalue weighted by atomic mass is 35.5. The molecule has 0 aliphatic carbocycles. The van der Waals surface area contributed by atoms with Crippen molar-refractivity contribution in [2.75, 3.05) is 18.8 Å². The quantitative estimate of drug-likeness (QED) is 0.899. The fraction of sp³-hybridized carbons (Fsp3) is 0.667. The van der Waals surface area contributed by atoms with E-state index in [0.717, 1.165) is 30.1 Å². The minimum atomic E-state index is -0.776. The van der Waals surface area contributed by atoms with E-state index in [-0.39, 0.29) is 0 Å². The Morgan fingerprint density at radius 2 is 2.60 bits per heavy atom. The first-order valence-corrected chi connectivity index (χ1v) is 7.58. The standard InChI is InChI=1S/C9H13ClN2OS2/c10-9-12-4-8(14-9)6-15(13)5-7-1-2-11-3-7/h4,7,11H,1-3,5-6H2/t7-,15-/m0/s1. The third kappa shape index (κ3) is 3.52. The number of rotatable bonds is 4. The number of hydrogen-bond donors (Lipinski definition) is 1. The van der Waals surface area contributed by atoms with E-state index >= 15 is 0 Å². The van der Waals surface area contributed by atoms with Gasteiger partial charge < -0.3 is 5.32 Å². The molecule has 2 rings (SSSR count). The molecule has 6 heteroatoms. The first-order chi connectivity index (χ1) is 7.24. The summed E-state index contributed by atoms with van der Waals surface area (Å²) in [6.07, 6.45) is 2.87. The van der Waals surface area contributed by atoms with Crippen molar-refractivity contribution in [3.05, 3.63) is 15.5 Å². The van der Waals surface area contributed by atoms with Crippen LogP contribution >= 0.6 is 22.9 Å². The van der Waals surface area contributed by atoms with Crippen molar-refractivity contribution in [1.82, 2.24) is 10.3 Å². The van der Waals surface area contributed by atoms with Gasteiger partial charge in [-0.25, -0.2) is 4.98 Å². The summed E-state index contributed by atoms with van der Waals surface area (Å²) in [4.78, 5) is 4.96. The van der Waals surface area contributed by atoms with Crippen LogP contribution in [0.1, 0.15) is 11.3 Å². The molecule has 1 aromatic heterocycles. The Kier molecular flexibility index (Phi) is 4.13. The molecular formula is C9H13ClN2OS2. The topological polar surface area (TPSA) is 42.0 Å². The third-order valence-electron chi connectivity index (χ3n) is 2.41. The molecule has 0 bridgehead atoms. The summed E-state index contributed by atoms with van der Waals surface area (Å²) in [5.74, 6) is 1.97. The van der Waals surface area contributed by atoms with Crippen molar-refractivity contribution < 1.29 is 4.21 Å². The molecule has 0 radical (unpaired) electrons. The van der Waals surface area contributed by atoms with E-state index in [2.05, 4.69) is 10.3 Å². The minimum absolute atomic E-state index is 0.532. The van der Waals surface area contributed by atoms with Gasteiger partial charge in [0.05, 0.1) is 5.75 Å². The molecule has 3 nitrogen and oxygen atoms in total. The highest BCUT2D eigenvalue weighted by Gasteiger charge is 2.17. The predicted molar refractivity (Wildman–Crippen MR) is 64.8 cm³/mol. The van der Waals surface area contributed by atoms with Crippen molar-refractivity contribution in [3.8, 4) is 0 Å². The molecule has 0 unspecified atom stereocenters. The molecule has 84 valence electrons. The average Bonchev–Trinajstić information content (AvgIpc) is 2.77. The summed E-state index contributed by atoms with van der Waals surface area (Å²) in [5.41, 5.74) is 0. The van der Waals surface area contributed by atoms with Crippen LogP contribution < -0.4 is 5.32 Å². The summed E-state index contributed by atoms with van der Waals surface area (Å²) in [6, 6.07) is 0. The van der Waals surface area contributed by atoms with Crippen LogP contribution in [0.25, 0.3) is 0 Å². The zero-order valence-electron chi connectivity index (χ0n) is 8.24. The van der Waals surface area contributed by atoms with Gasteiger partial charge >= 0.3 is 0 Å². The van der Waals surface area contributed by atoms with Crippen LogP contribution in [0.2, 0.25) is 4.47 Å². The predicted octanol–water partition coefficient (Wildman–Crippen LogP) is 1.65. The lowest BCUT2D eigenvalue weighted by atomic mass is 10.2. The van der Waals surface area contributed by atoms with E-state index in [1.807, 2.05) is 0 Å². The second-order valence-electron chi connectivity index (χ2n) is 3.69. The number of thiazole rings is 1. The molecular weight excluding hydrogens is 252 g/mol. The Balaban J connectivity index is 1.81. The van der Waals surface area contributed by atoms with Crippen molar-refractivity contribution in [1.29, 1.82) is 0 Å². The lowest BCUT2D eigenvalue weighted by Gasteiger charge is -2.06. The molecule has 1 aromatic rings. The second-order valence-corrected chi connectivity index (χ2v) is 6.89. The van der Waals surface area contributed by atoms with E-state index < -0.39 is 10.8 Å². The number of nitrogens with zero attached hydrogens (tertiary/aromatic N) is 1. The zero-order valence-corrected chi connectivity index (χ0v) is 10.6. The van der Waals surface area contributed by atoms with Crippen LogP contribution in [-0.4, -0.2) is 28.0 Å². The van der Waals surface area contributed by atoms with Gasteiger partial charge in [-0.1, -0.05) is 11.6 Å². The van der Waals surface area contributed by atoms with Crippen molar-refractivity contribution in [3.63, 3.8) is 0 Å². The molecule has 1 aliphatic rings. The smallest absolute Gasteiger partial charge is 0.183 e. The van der Waals surface area contributed by atoms with Crippen LogP contribution in [0, 0.1) is 5.92 Å². The lowest BCUT2D eigenvalue weighted by molar-refractivity contribution is 0.632. The molecule has 0 amide bonds. The van der Waals surface area contributed by atoms with Gasteiger partial charge in [-0.15, -0.1) is 11.3 Å². The molecule has 1 fully saturated rings. The van der Waals surface area contributed by atoms with Gasteiger partial charge in [0.25, 0.3) is 0 Å². The number of aromatic nitrogens is 1. The van der Waals surface area contributed by atoms with Crippen LogP contribution in [-0.2, 0) is 16.6 Å². The lowest BCUT2D eigenvalue weighted by Crippen LogP contribution is -2.15. The third-order valence-corrected chi connectivity index (χ3v) is 5.19. The van der Waals surface area contributed by atoms with Crippen LogP contribution in [0.3, 0.4) is 0 Å². The molecule has 0 spiro atoms. The van der Waals surface area contributed by atoms with Crippen LogP contribution in [0.5, 0.6) is 0 Å². The summed E-state index contributed by atoms with van der Waals surface area (Å²) < 4.78 is 12.3. The SMILES string of the molecule is O=[S@](Cc1cnc(Cl)s1)C[C@H]1CCNC1. The van der Waals surface area contributed by atoms with Crippen molar-refractivity contribution >= 4 is 33.7 Å². The molecule has 2 atom stereocenters. The van der Waals surface area contributed by atoms with Gasteiger partial charge in [-0.2, -0.15) is 0 Å². The molecule has 15 heavy (non-hydrogen) atoms. The Morgan fingerprint density at radius 3 is 3.20 bits per heavy atom. The van der Waals surface area contributed by atoms with E-state index in [1.54, 1.807) is 6.20 Å². The van der Waals surface area contributed by atoms with Gasteiger partial charge in [-0.3, -0.25) is 4.21 Å². The molecule has 1 aliphatic heterocycles. The van der Waals surface area contributed by atoms with Gasteiger partial charge in [0.1, 0.15) is 0 Å². The first-order valence-electron chi connectivity index (χ1n) is 4.90. The van der Waals surface area contributed by atoms with Crippen LogP contribution in [0.4, 0.5) is 0 Å². The monoisotopic (exact) mass is 264 g/mol. The summed E-state index contributed by atoms with van der Waals surface area (Å²) in [5, 5.41) is 3.28. The normalized spacial score (nSPS) is 23.1. The van der Waals surface area contributed by atoms with E-state index in [9.17, 15) is 4.21 Å². The molecule has 1 N–H and O–H groups in total. The Bertz CT molecular complexity index is 350. The minimum Gasteiger partial charge on any atom is -0.316 e. The molecule has 1 saturated heterocycles. The fourth-order valence-electron chi connectivity index (χ4n) is 1.69. The maximum absolute atomic E-state index is 11.8. The Labute approximate surface area is 101 Å². The number of hydrogen-bond acceptors (Lipinski definition) is 4. The maximum Gasteiger partial charge on any atom is 0.183 e. The zero-order chi connectivity index (χ0) is 10.7.